The molecule has 0 aromatic heterocycles. The van der Waals surface area contributed by atoms with Gasteiger partial charge in [-0.05, 0) is 35.9 Å². The van der Waals surface area contributed by atoms with Gasteiger partial charge in [-0.1, -0.05) is 6.07 Å². The highest BCUT2D eigenvalue weighted by Gasteiger charge is 2.20. The SMILES string of the molecule is COc1ccc(F)cc1C(O)c1ccc2c(c1)OCO2. The van der Waals surface area contributed by atoms with Crippen LogP contribution in [0.25, 0.3) is 0 Å². The molecule has 2 aromatic rings. The molecular formula is C15H13FO4. The third kappa shape index (κ3) is 2.16. The van der Waals surface area contributed by atoms with Crippen LogP contribution in [0.2, 0.25) is 0 Å². The highest BCUT2D eigenvalue weighted by Crippen LogP contribution is 2.37. The van der Waals surface area contributed by atoms with Crippen molar-refractivity contribution >= 4 is 0 Å². The van der Waals surface area contributed by atoms with Gasteiger partial charge in [0.25, 0.3) is 0 Å². The molecule has 20 heavy (non-hydrogen) atoms. The highest BCUT2D eigenvalue weighted by molar-refractivity contribution is 5.48. The van der Waals surface area contributed by atoms with Gasteiger partial charge >= 0.3 is 0 Å². The number of ether oxygens (including phenoxy) is 3. The molecule has 1 aliphatic heterocycles. The lowest BCUT2D eigenvalue weighted by atomic mass is 10.00. The Morgan fingerprint density at radius 1 is 1.15 bits per heavy atom. The average molecular weight is 276 g/mol. The van der Waals surface area contributed by atoms with Crippen LogP contribution in [0.5, 0.6) is 17.2 Å². The van der Waals surface area contributed by atoms with Crippen LogP contribution in [-0.4, -0.2) is 19.0 Å². The first-order valence-electron chi connectivity index (χ1n) is 6.10. The molecule has 1 aliphatic rings. The fourth-order valence-electron chi connectivity index (χ4n) is 2.18. The fraction of sp³-hybridized carbons (Fsp3) is 0.200. The molecule has 3 rings (SSSR count). The summed E-state index contributed by atoms with van der Waals surface area (Å²) in [5.41, 5.74) is 0.949. The Morgan fingerprint density at radius 3 is 2.75 bits per heavy atom. The Kier molecular flexibility index (Phi) is 3.20. The fourth-order valence-corrected chi connectivity index (χ4v) is 2.18. The Labute approximate surface area is 115 Å². The normalized spacial score (nSPS) is 14.2. The second-order valence-corrected chi connectivity index (χ2v) is 4.40. The highest BCUT2D eigenvalue weighted by atomic mass is 19.1. The molecule has 0 spiro atoms. The van der Waals surface area contributed by atoms with Gasteiger partial charge in [0.1, 0.15) is 17.7 Å². The van der Waals surface area contributed by atoms with Crippen molar-refractivity contribution in [3.05, 3.63) is 53.3 Å². The van der Waals surface area contributed by atoms with Gasteiger partial charge in [-0.2, -0.15) is 0 Å². The number of hydrogen-bond acceptors (Lipinski definition) is 4. The van der Waals surface area contributed by atoms with Gasteiger partial charge in [-0.3, -0.25) is 0 Å². The maximum absolute atomic E-state index is 13.4. The minimum absolute atomic E-state index is 0.165. The summed E-state index contributed by atoms with van der Waals surface area (Å²) in [5.74, 6) is 1.20. The van der Waals surface area contributed by atoms with Crippen molar-refractivity contribution in [1.29, 1.82) is 0 Å². The van der Waals surface area contributed by atoms with Crippen molar-refractivity contribution in [2.24, 2.45) is 0 Å². The summed E-state index contributed by atoms with van der Waals surface area (Å²) in [6, 6.07) is 9.14. The lowest BCUT2D eigenvalue weighted by Gasteiger charge is -2.15. The molecule has 1 N–H and O–H groups in total. The Hall–Kier alpha value is -2.27. The number of aliphatic hydroxyl groups is 1. The first kappa shape index (κ1) is 12.7. The number of fused-ring (bicyclic) bond motifs is 1. The zero-order valence-electron chi connectivity index (χ0n) is 10.8. The summed E-state index contributed by atoms with van der Waals surface area (Å²) >= 11 is 0. The van der Waals surface area contributed by atoms with Crippen LogP contribution in [0.1, 0.15) is 17.2 Å². The van der Waals surface area contributed by atoms with Crippen LogP contribution in [0.15, 0.2) is 36.4 Å². The van der Waals surface area contributed by atoms with Crippen molar-refractivity contribution in [3.8, 4) is 17.2 Å². The minimum atomic E-state index is -1.00. The first-order valence-corrected chi connectivity index (χ1v) is 6.10. The third-order valence-electron chi connectivity index (χ3n) is 3.20. The third-order valence-corrected chi connectivity index (χ3v) is 3.20. The molecule has 1 heterocycles. The predicted octanol–water partition coefficient (Wildman–Crippen LogP) is 2.64. The molecule has 4 nitrogen and oxygen atoms in total. The summed E-state index contributed by atoms with van der Waals surface area (Å²) in [6.45, 7) is 0.165. The van der Waals surface area contributed by atoms with Gasteiger partial charge in [0.15, 0.2) is 11.5 Å². The lowest BCUT2D eigenvalue weighted by molar-refractivity contribution is 0.173. The van der Waals surface area contributed by atoms with Gasteiger partial charge < -0.3 is 19.3 Å². The molecule has 1 unspecified atom stereocenters. The van der Waals surface area contributed by atoms with E-state index in [1.165, 1.54) is 25.3 Å². The molecular weight excluding hydrogens is 263 g/mol. The molecule has 0 aliphatic carbocycles. The first-order chi connectivity index (χ1) is 9.69. The van der Waals surface area contributed by atoms with Crippen LogP contribution in [0, 0.1) is 5.82 Å². The predicted molar refractivity (Wildman–Crippen MR) is 69.6 cm³/mol. The van der Waals surface area contributed by atoms with E-state index in [1.54, 1.807) is 18.2 Å². The van der Waals surface area contributed by atoms with E-state index in [4.69, 9.17) is 14.2 Å². The minimum Gasteiger partial charge on any atom is -0.496 e. The monoisotopic (exact) mass is 276 g/mol. The summed E-state index contributed by atoms with van der Waals surface area (Å²) in [6.07, 6.45) is -1.00. The molecule has 0 saturated carbocycles. The van der Waals surface area contributed by atoms with Crippen molar-refractivity contribution < 1.29 is 23.7 Å². The maximum atomic E-state index is 13.4. The molecule has 2 aromatic carbocycles. The van der Waals surface area contributed by atoms with Crippen molar-refractivity contribution in [2.45, 2.75) is 6.10 Å². The van der Waals surface area contributed by atoms with Crippen LogP contribution >= 0.6 is 0 Å². The number of aliphatic hydroxyl groups excluding tert-OH is 1. The topological polar surface area (TPSA) is 47.9 Å². The maximum Gasteiger partial charge on any atom is 0.231 e. The van der Waals surface area contributed by atoms with Crippen LogP contribution < -0.4 is 14.2 Å². The smallest absolute Gasteiger partial charge is 0.231 e. The van der Waals surface area contributed by atoms with Crippen molar-refractivity contribution in [1.82, 2.24) is 0 Å². The van der Waals surface area contributed by atoms with E-state index >= 15 is 0 Å². The summed E-state index contributed by atoms with van der Waals surface area (Å²) < 4.78 is 29.0. The van der Waals surface area contributed by atoms with Gasteiger partial charge in [0.2, 0.25) is 6.79 Å². The number of hydrogen-bond donors (Lipinski definition) is 1. The molecule has 0 bridgehead atoms. The van der Waals surface area contributed by atoms with Gasteiger partial charge in [0.05, 0.1) is 7.11 Å². The number of benzene rings is 2. The molecule has 0 radical (unpaired) electrons. The van der Waals surface area contributed by atoms with E-state index in [2.05, 4.69) is 0 Å². The van der Waals surface area contributed by atoms with E-state index in [1.807, 2.05) is 0 Å². The van der Waals surface area contributed by atoms with Crippen LogP contribution in [0.3, 0.4) is 0 Å². The summed E-state index contributed by atoms with van der Waals surface area (Å²) in [7, 11) is 1.48. The zero-order chi connectivity index (χ0) is 14.1. The van der Waals surface area contributed by atoms with E-state index in [0.717, 1.165) is 0 Å². The standard InChI is InChI=1S/C15H13FO4/c1-18-12-5-3-10(16)7-11(12)15(17)9-2-4-13-14(6-9)20-8-19-13/h2-7,15,17H,8H2,1H3. The van der Waals surface area contributed by atoms with Gasteiger partial charge in [0, 0.05) is 5.56 Å². The molecule has 0 saturated heterocycles. The van der Waals surface area contributed by atoms with Crippen molar-refractivity contribution in [2.75, 3.05) is 13.9 Å². The number of halogens is 1. The number of rotatable bonds is 3. The van der Waals surface area contributed by atoms with Gasteiger partial charge in [-0.15, -0.1) is 0 Å². The largest absolute Gasteiger partial charge is 0.496 e. The molecule has 1 atom stereocenters. The second kappa shape index (κ2) is 5.02. The lowest BCUT2D eigenvalue weighted by Crippen LogP contribution is -2.03. The summed E-state index contributed by atoms with van der Waals surface area (Å²) in [4.78, 5) is 0. The van der Waals surface area contributed by atoms with E-state index < -0.39 is 11.9 Å². The quantitative estimate of drug-likeness (QED) is 0.936. The van der Waals surface area contributed by atoms with E-state index in [9.17, 15) is 9.50 Å². The van der Waals surface area contributed by atoms with Crippen LogP contribution in [0.4, 0.5) is 4.39 Å². The molecule has 0 amide bonds. The second-order valence-electron chi connectivity index (χ2n) is 4.40. The average Bonchev–Trinajstić information content (AvgIpc) is 2.93. The Balaban J connectivity index is 2.00. The Bertz CT molecular complexity index is 642. The zero-order valence-corrected chi connectivity index (χ0v) is 10.8. The molecule has 5 heteroatoms. The van der Waals surface area contributed by atoms with Crippen molar-refractivity contribution in [3.63, 3.8) is 0 Å². The van der Waals surface area contributed by atoms with Gasteiger partial charge in [-0.25, -0.2) is 4.39 Å². The summed E-state index contributed by atoms with van der Waals surface area (Å²) in [5, 5.41) is 10.4. The van der Waals surface area contributed by atoms with E-state index in [-0.39, 0.29) is 6.79 Å². The molecule has 0 fully saturated rings. The van der Waals surface area contributed by atoms with Crippen LogP contribution in [-0.2, 0) is 0 Å². The van der Waals surface area contributed by atoms with E-state index in [0.29, 0.717) is 28.4 Å². The Morgan fingerprint density at radius 2 is 1.95 bits per heavy atom. The number of methoxy groups -OCH3 is 1. The molecule has 104 valence electrons.